The van der Waals surface area contributed by atoms with Gasteiger partial charge in [-0.1, -0.05) is 37.5 Å². The first-order valence-electron chi connectivity index (χ1n) is 11.9. The number of nitrogens with one attached hydrogen (secondary N) is 1. The molecule has 2 aromatic carbocycles. The molecule has 7 nitrogen and oxygen atoms in total. The van der Waals surface area contributed by atoms with Gasteiger partial charge < -0.3 is 14.2 Å². The summed E-state index contributed by atoms with van der Waals surface area (Å²) < 4.78 is 38.5. The molecule has 0 unspecified atom stereocenters. The zero-order valence-electron chi connectivity index (χ0n) is 19.9. The van der Waals surface area contributed by atoms with Crippen molar-refractivity contribution >= 4 is 21.6 Å². The van der Waals surface area contributed by atoms with Gasteiger partial charge in [-0.05, 0) is 67.8 Å². The van der Waals surface area contributed by atoms with Crippen LogP contribution in [0.3, 0.4) is 0 Å². The Hall–Kier alpha value is -3.52. The number of methoxy groups -OCH3 is 1. The Morgan fingerprint density at radius 2 is 1.74 bits per heavy atom. The molecule has 5 rings (SSSR count). The minimum atomic E-state index is -3.99. The highest BCUT2D eigenvalue weighted by atomic mass is 32.2. The third-order valence-corrected chi connectivity index (χ3v) is 7.64. The van der Waals surface area contributed by atoms with Crippen LogP contribution in [0.1, 0.15) is 37.7 Å². The summed E-state index contributed by atoms with van der Waals surface area (Å²) in [6, 6.07) is 17.8. The van der Waals surface area contributed by atoms with Crippen molar-refractivity contribution in [2.24, 2.45) is 0 Å². The van der Waals surface area contributed by atoms with E-state index in [4.69, 9.17) is 13.9 Å². The zero-order valence-corrected chi connectivity index (χ0v) is 20.7. The van der Waals surface area contributed by atoms with E-state index < -0.39 is 10.1 Å². The van der Waals surface area contributed by atoms with E-state index in [2.05, 4.69) is 21.9 Å². The third-order valence-electron chi connectivity index (χ3n) is 6.40. The second-order valence-corrected chi connectivity index (χ2v) is 10.5. The van der Waals surface area contributed by atoms with Crippen molar-refractivity contribution in [1.82, 2.24) is 9.38 Å². The predicted molar refractivity (Wildman–Crippen MR) is 137 cm³/mol. The fourth-order valence-electron chi connectivity index (χ4n) is 4.56. The van der Waals surface area contributed by atoms with E-state index >= 15 is 0 Å². The van der Waals surface area contributed by atoms with Gasteiger partial charge in [0.05, 0.1) is 7.11 Å². The second-order valence-electron chi connectivity index (χ2n) is 8.94. The number of aromatic nitrogens is 2. The van der Waals surface area contributed by atoms with Crippen molar-refractivity contribution in [1.29, 1.82) is 0 Å². The molecular formula is C27H29N3O4S. The molecule has 0 atom stereocenters. The molecule has 35 heavy (non-hydrogen) atoms. The van der Waals surface area contributed by atoms with Gasteiger partial charge in [0, 0.05) is 17.8 Å². The molecule has 1 fully saturated rings. The maximum absolute atomic E-state index is 12.7. The van der Waals surface area contributed by atoms with Crippen molar-refractivity contribution in [2.45, 2.75) is 50.0 Å². The third kappa shape index (κ3) is 4.84. The SMILES string of the molecule is COc1cc(-c2nc3cc(C)ccn3c2NC2CCCCC2)ccc1OS(=O)(=O)c1ccccc1. The Morgan fingerprint density at radius 3 is 2.49 bits per heavy atom. The molecular weight excluding hydrogens is 462 g/mol. The molecule has 8 heteroatoms. The lowest BCUT2D eigenvalue weighted by Crippen LogP contribution is -2.23. The van der Waals surface area contributed by atoms with Crippen molar-refractivity contribution in [3.05, 3.63) is 72.4 Å². The maximum atomic E-state index is 12.7. The highest BCUT2D eigenvalue weighted by Crippen LogP contribution is 2.38. The molecule has 0 saturated heterocycles. The van der Waals surface area contributed by atoms with Gasteiger partial charge in [-0.2, -0.15) is 8.42 Å². The molecule has 1 N–H and O–H groups in total. The Labute approximate surface area is 205 Å². The molecule has 0 amide bonds. The van der Waals surface area contributed by atoms with Gasteiger partial charge >= 0.3 is 10.1 Å². The number of imidazole rings is 1. The average Bonchev–Trinajstić information content (AvgIpc) is 3.22. The fraction of sp³-hybridized carbons (Fsp3) is 0.296. The summed E-state index contributed by atoms with van der Waals surface area (Å²) in [5.74, 6) is 1.37. The average molecular weight is 492 g/mol. The summed E-state index contributed by atoms with van der Waals surface area (Å²) in [5.41, 5.74) is 3.58. The highest BCUT2D eigenvalue weighted by Gasteiger charge is 2.23. The lowest BCUT2D eigenvalue weighted by atomic mass is 9.95. The first kappa shape index (κ1) is 23.2. The van der Waals surface area contributed by atoms with Crippen molar-refractivity contribution in [3.63, 3.8) is 0 Å². The Morgan fingerprint density at radius 1 is 0.971 bits per heavy atom. The minimum Gasteiger partial charge on any atom is -0.493 e. The number of anilines is 1. The van der Waals surface area contributed by atoms with Crippen LogP contribution in [0, 0.1) is 6.92 Å². The first-order valence-corrected chi connectivity index (χ1v) is 13.3. The number of hydrogen-bond acceptors (Lipinski definition) is 6. The zero-order chi connectivity index (χ0) is 24.4. The number of benzene rings is 2. The molecule has 0 radical (unpaired) electrons. The van der Waals surface area contributed by atoms with Crippen LogP contribution in [-0.2, 0) is 10.1 Å². The monoisotopic (exact) mass is 491 g/mol. The first-order chi connectivity index (χ1) is 16.9. The summed E-state index contributed by atoms with van der Waals surface area (Å²) >= 11 is 0. The number of hydrogen-bond donors (Lipinski definition) is 1. The van der Waals surface area contributed by atoms with Gasteiger partial charge in [-0.3, -0.25) is 4.40 Å². The molecule has 4 aromatic rings. The Balaban J connectivity index is 1.53. The van der Waals surface area contributed by atoms with Crippen molar-refractivity contribution in [3.8, 4) is 22.8 Å². The number of ether oxygens (including phenoxy) is 1. The summed E-state index contributed by atoms with van der Waals surface area (Å²) in [4.78, 5) is 5.01. The molecule has 2 heterocycles. The summed E-state index contributed by atoms with van der Waals surface area (Å²) in [5, 5.41) is 3.73. The van der Waals surface area contributed by atoms with Gasteiger partial charge in [0.15, 0.2) is 11.5 Å². The largest absolute Gasteiger partial charge is 0.493 e. The van der Waals surface area contributed by atoms with Crippen LogP contribution in [0.2, 0.25) is 0 Å². The van der Waals surface area contributed by atoms with E-state index in [0.29, 0.717) is 11.8 Å². The van der Waals surface area contributed by atoms with E-state index in [-0.39, 0.29) is 10.6 Å². The van der Waals surface area contributed by atoms with E-state index in [9.17, 15) is 8.42 Å². The number of rotatable bonds is 7. The molecule has 0 aliphatic heterocycles. The normalized spacial score (nSPS) is 14.7. The molecule has 0 spiro atoms. The summed E-state index contributed by atoms with van der Waals surface area (Å²) in [7, 11) is -2.49. The van der Waals surface area contributed by atoms with E-state index in [0.717, 1.165) is 41.1 Å². The van der Waals surface area contributed by atoms with Crippen LogP contribution in [-0.4, -0.2) is 31.0 Å². The van der Waals surface area contributed by atoms with Crippen LogP contribution in [0.5, 0.6) is 11.5 Å². The quantitative estimate of drug-likeness (QED) is 0.328. The fourth-order valence-corrected chi connectivity index (χ4v) is 5.52. The Kier molecular flexibility index (Phi) is 6.38. The predicted octanol–water partition coefficient (Wildman–Crippen LogP) is 5.83. The number of fused-ring (bicyclic) bond motifs is 1. The Bertz CT molecular complexity index is 1440. The number of aryl methyl sites for hydroxylation is 1. The van der Waals surface area contributed by atoms with Crippen LogP contribution in [0.15, 0.2) is 71.8 Å². The van der Waals surface area contributed by atoms with E-state index in [1.54, 1.807) is 30.3 Å². The molecule has 1 saturated carbocycles. The van der Waals surface area contributed by atoms with E-state index in [1.807, 2.05) is 19.2 Å². The second kappa shape index (κ2) is 9.62. The van der Waals surface area contributed by atoms with Gasteiger partial charge in [-0.25, -0.2) is 4.98 Å². The minimum absolute atomic E-state index is 0.0841. The highest BCUT2D eigenvalue weighted by molar-refractivity contribution is 7.87. The van der Waals surface area contributed by atoms with Crippen molar-refractivity contribution in [2.75, 3.05) is 12.4 Å². The lowest BCUT2D eigenvalue weighted by molar-refractivity contribution is 0.391. The van der Waals surface area contributed by atoms with Gasteiger partial charge in [-0.15, -0.1) is 0 Å². The lowest BCUT2D eigenvalue weighted by Gasteiger charge is -2.24. The van der Waals surface area contributed by atoms with Crippen LogP contribution < -0.4 is 14.2 Å². The van der Waals surface area contributed by atoms with Gasteiger partial charge in [0.25, 0.3) is 0 Å². The maximum Gasteiger partial charge on any atom is 0.339 e. The number of nitrogens with zero attached hydrogens (tertiary/aromatic N) is 2. The van der Waals surface area contributed by atoms with Crippen molar-refractivity contribution < 1.29 is 17.3 Å². The van der Waals surface area contributed by atoms with Gasteiger partial charge in [0.2, 0.25) is 0 Å². The summed E-state index contributed by atoms with van der Waals surface area (Å²) in [6.45, 7) is 2.05. The topological polar surface area (TPSA) is 81.9 Å². The van der Waals surface area contributed by atoms with Gasteiger partial charge in [0.1, 0.15) is 22.1 Å². The molecule has 0 bridgehead atoms. The van der Waals surface area contributed by atoms with Crippen LogP contribution in [0.25, 0.3) is 16.9 Å². The van der Waals surface area contributed by atoms with Crippen LogP contribution >= 0.6 is 0 Å². The molecule has 182 valence electrons. The molecule has 1 aliphatic rings. The molecule has 2 aromatic heterocycles. The smallest absolute Gasteiger partial charge is 0.339 e. The number of pyridine rings is 1. The molecule has 1 aliphatic carbocycles. The van der Waals surface area contributed by atoms with E-state index in [1.165, 1.54) is 38.5 Å². The van der Waals surface area contributed by atoms with Crippen LogP contribution in [0.4, 0.5) is 5.82 Å². The standard InChI is InChI=1S/C27H29N3O4S/c1-19-15-16-30-25(17-19)29-26(27(30)28-21-9-5-3-6-10-21)20-13-14-23(24(18-20)33-2)34-35(31,32)22-11-7-4-8-12-22/h4,7-8,11-18,21,28H,3,5-6,9-10H2,1-2H3. The summed E-state index contributed by atoms with van der Waals surface area (Å²) in [6.07, 6.45) is 8.02.